The van der Waals surface area contributed by atoms with Gasteiger partial charge in [0.05, 0.1) is 6.61 Å². The number of phosphoric ester groups is 1. The molecule has 0 saturated carbocycles. The second-order valence-corrected chi connectivity index (χ2v) is 11.5. The zero-order valence-corrected chi connectivity index (χ0v) is 24.8. The number of esters is 2. The Bertz CT molecular complexity index is 599. The Morgan fingerprint density at radius 2 is 1.05 bits per heavy atom. The fourth-order valence-electron chi connectivity index (χ4n) is 4.01. The van der Waals surface area contributed by atoms with Gasteiger partial charge in [0.2, 0.25) is 0 Å². The Morgan fingerprint density at radius 1 is 0.649 bits per heavy atom. The van der Waals surface area contributed by atoms with Gasteiger partial charge < -0.3 is 14.4 Å². The van der Waals surface area contributed by atoms with Crippen molar-refractivity contribution in [2.75, 3.05) is 20.3 Å². The van der Waals surface area contributed by atoms with Crippen LogP contribution in [0.4, 0.5) is 0 Å². The molecule has 0 saturated heterocycles. The Balaban J connectivity index is 4.18. The summed E-state index contributed by atoms with van der Waals surface area (Å²) in [4.78, 5) is 33.9. The van der Waals surface area contributed by atoms with Crippen LogP contribution < -0.4 is 0 Å². The number of hydrogen-bond donors (Lipinski definition) is 1. The van der Waals surface area contributed by atoms with Crippen LogP contribution in [0.1, 0.15) is 142 Å². The van der Waals surface area contributed by atoms with Crippen molar-refractivity contribution < 1.29 is 37.6 Å². The summed E-state index contributed by atoms with van der Waals surface area (Å²) in [5.74, 6) is -0.807. The van der Waals surface area contributed by atoms with E-state index in [0.29, 0.717) is 6.42 Å². The van der Waals surface area contributed by atoms with Crippen molar-refractivity contribution in [1.82, 2.24) is 0 Å². The lowest BCUT2D eigenvalue weighted by molar-refractivity contribution is -0.161. The molecule has 0 aromatic carbocycles. The predicted molar refractivity (Wildman–Crippen MR) is 147 cm³/mol. The Morgan fingerprint density at radius 3 is 1.49 bits per heavy atom. The van der Waals surface area contributed by atoms with Crippen LogP contribution in [-0.2, 0) is 32.7 Å². The van der Waals surface area contributed by atoms with Gasteiger partial charge >= 0.3 is 19.8 Å². The summed E-state index contributed by atoms with van der Waals surface area (Å²) < 4.78 is 31.5. The van der Waals surface area contributed by atoms with Crippen molar-refractivity contribution in [3.63, 3.8) is 0 Å². The van der Waals surface area contributed by atoms with Gasteiger partial charge in [-0.2, -0.15) is 0 Å². The van der Waals surface area contributed by atoms with Gasteiger partial charge in [0.15, 0.2) is 6.10 Å². The van der Waals surface area contributed by atoms with Crippen molar-refractivity contribution in [3.8, 4) is 0 Å². The first-order valence-corrected chi connectivity index (χ1v) is 16.2. The molecule has 0 aliphatic carbocycles. The minimum absolute atomic E-state index is 0.219. The first-order valence-electron chi connectivity index (χ1n) is 14.7. The summed E-state index contributed by atoms with van der Waals surface area (Å²) in [5, 5.41) is 0. The molecule has 0 aliphatic heterocycles. The maximum atomic E-state index is 12.3. The number of rotatable bonds is 27. The third-order valence-electron chi connectivity index (χ3n) is 6.35. The molecule has 0 rings (SSSR count). The Kier molecular flexibility index (Phi) is 24.7. The zero-order chi connectivity index (χ0) is 27.6. The van der Waals surface area contributed by atoms with Crippen LogP contribution in [0.2, 0.25) is 0 Å². The van der Waals surface area contributed by atoms with Crippen LogP contribution in [0.15, 0.2) is 0 Å². The van der Waals surface area contributed by atoms with E-state index < -0.39 is 26.5 Å². The van der Waals surface area contributed by atoms with Gasteiger partial charge in [-0.1, -0.05) is 117 Å². The molecule has 0 heterocycles. The zero-order valence-electron chi connectivity index (χ0n) is 23.9. The third kappa shape index (κ3) is 25.1. The van der Waals surface area contributed by atoms with E-state index in [1.54, 1.807) is 0 Å². The first kappa shape index (κ1) is 36.0. The van der Waals surface area contributed by atoms with Gasteiger partial charge in [0.25, 0.3) is 0 Å². The topological polar surface area (TPSA) is 108 Å². The summed E-state index contributed by atoms with van der Waals surface area (Å²) in [6.45, 7) is 3.81. The molecule has 0 radical (unpaired) electrons. The highest BCUT2D eigenvalue weighted by atomic mass is 31.2. The molecule has 1 unspecified atom stereocenters. The highest BCUT2D eigenvalue weighted by Crippen LogP contribution is 2.42. The van der Waals surface area contributed by atoms with Gasteiger partial charge in [-0.3, -0.25) is 18.6 Å². The lowest BCUT2D eigenvalue weighted by Crippen LogP contribution is -2.29. The van der Waals surface area contributed by atoms with Gasteiger partial charge in [-0.25, -0.2) is 4.57 Å². The van der Waals surface area contributed by atoms with Gasteiger partial charge in [-0.15, -0.1) is 0 Å². The van der Waals surface area contributed by atoms with Crippen LogP contribution >= 0.6 is 7.82 Å². The van der Waals surface area contributed by atoms with Crippen molar-refractivity contribution in [3.05, 3.63) is 0 Å². The van der Waals surface area contributed by atoms with Crippen LogP contribution in [0.3, 0.4) is 0 Å². The second kappa shape index (κ2) is 25.3. The quantitative estimate of drug-likeness (QED) is 0.0622. The smallest absolute Gasteiger partial charge is 0.462 e. The van der Waals surface area contributed by atoms with Crippen molar-refractivity contribution in [1.29, 1.82) is 0 Å². The van der Waals surface area contributed by atoms with Crippen LogP contribution in [0.5, 0.6) is 0 Å². The van der Waals surface area contributed by atoms with E-state index >= 15 is 0 Å². The normalized spacial score (nSPS) is 13.7. The van der Waals surface area contributed by atoms with E-state index in [-0.39, 0.29) is 19.0 Å². The van der Waals surface area contributed by atoms with Gasteiger partial charge in [0.1, 0.15) is 6.61 Å². The monoisotopic (exact) mass is 550 g/mol. The van der Waals surface area contributed by atoms with Crippen molar-refractivity contribution >= 4 is 19.8 Å². The summed E-state index contributed by atoms with van der Waals surface area (Å²) >= 11 is 0. The van der Waals surface area contributed by atoms with E-state index in [1.807, 2.05) is 0 Å². The van der Waals surface area contributed by atoms with E-state index in [1.165, 1.54) is 77.0 Å². The number of unbranched alkanes of at least 4 members (excludes halogenated alkanes) is 16. The highest BCUT2D eigenvalue weighted by Gasteiger charge is 2.24. The molecule has 0 fully saturated rings. The van der Waals surface area contributed by atoms with E-state index in [4.69, 9.17) is 14.0 Å². The minimum atomic E-state index is -4.23. The molecule has 1 N–H and O–H groups in total. The summed E-state index contributed by atoms with van der Waals surface area (Å²) in [6, 6.07) is 0. The molecular formula is C28H55O8P. The molecule has 2 atom stereocenters. The number of phosphoric acid groups is 1. The average molecular weight is 551 g/mol. The second-order valence-electron chi connectivity index (χ2n) is 9.90. The molecule has 0 aromatic heterocycles. The molecule has 0 amide bonds. The third-order valence-corrected chi connectivity index (χ3v) is 7.29. The summed E-state index contributed by atoms with van der Waals surface area (Å²) in [7, 11) is -3.18. The first-order chi connectivity index (χ1) is 17.8. The lowest BCUT2D eigenvalue weighted by atomic mass is 10.1. The highest BCUT2D eigenvalue weighted by molar-refractivity contribution is 7.47. The predicted octanol–water partition coefficient (Wildman–Crippen LogP) is 8.05. The average Bonchev–Trinajstić information content (AvgIpc) is 2.88. The van der Waals surface area contributed by atoms with Crippen molar-refractivity contribution in [2.24, 2.45) is 0 Å². The molecule has 9 heteroatoms. The van der Waals surface area contributed by atoms with Crippen LogP contribution in [0.25, 0.3) is 0 Å². The van der Waals surface area contributed by atoms with E-state index in [9.17, 15) is 19.0 Å². The molecule has 0 aromatic rings. The molecule has 0 bridgehead atoms. The minimum Gasteiger partial charge on any atom is -0.462 e. The Hall–Kier alpha value is -0.950. The van der Waals surface area contributed by atoms with Gasteiger partial charge in [-0.05, 0) is 12.8 Å². The number of carbonyl (C=O) groups is 2. The molecular weight excluding hydrogens is 495 g/mol. The molecule has 220 valence electrons. The molecule has 0 aliphatic rings. The fourth-order valence-corrected chi connectivity index (χ4v) is 4.47. The maximum absolute atomic E-state index is 12.3. The van der Waals surface area contributed by atoms with Crippen LogP contribution in [-0.4, -0.2) is 43.3 Å². The summed E-state index contributed by atoms with van der Waals surface area (Å²) in [5.41, 5.74) is 0. The number of hydrogen-bond acceptors (Lipinski definition) is 7. The van der Waals surface area contributed by atoms with Crippen molar-refractivity contribution in [2.45, 2.75) is 148 Å². The molecule has 0 spiro atoms. The van der Waals surface area contributed by atoms with Gasteiger partial charge in [0, 0.05) is 20.0 Å². The van der Waals surface area contributed by atoms with E-state index in [2.05, 4.69) is 18.4 Å². The SMILES string of the molecule is CCCCCCCCCCCC(=O)OC[C@H](COP(=O)(O)OC)OC(=O)CCCCCCCCCCC. The standard InChI is InChI=1S/C28H55O8P/c1-4-6-8-10-12-14-16-18-20-22-27(29)34-24-26(25-35-37(31,32)33-3)36-28(30)23-21-19-17-15-13-11-9-7-5-2/h26H,4-25H2,1-3H3,(H,31,32)/t26-/m1/s1. The van der Waals surface area contributed by atoms with Crippen LogP contribution in [0, 0.1) is 0 Å². The van der Waals surface area contributed by atoms with E-state index in [0.717, 1.165) is 45.6 Å². The number of ether oxygens (including phenoxy) is 2. The Labute approximate surface area is 226 Å². The lowest BCUT2D eigenvalue weighted by Gasteiger charge is -2.19. The molecule has 8 nitrogen and oxygen atoms in total. The fraction of sp³-hybridized carbons (Fsp3) is 0.929. The maximum Gasteiger partial charge on any atom is 0.472 e. The summed E-state index contributed by atoms with van der Waals surface area (Å²) in [6.07, 6.45) is 20.2. The number of carbonyl (C=O) groups excluding carboxylic acids is 2. The molecule has 37 heavy (non-hydrogen) atoms. The largest absolute Gasteiger partial charge is 0.472 e.